The van der Waals surface area contributed by atoms with Gasteiger partial charge in [0.1, 0.15) is 5.75 Å². The van der Waals surface area contributed by atoms with Crippen LogP contribution in [0, 0.1) is 0 Å². The van der Waals surface area contributed by atoms with E-state index in [-0.39, 0.29) is 0 Å². The largest absolute Gasteiger partial charge is 0.544 e. The Labute approximate surface area is 107 Å². The highest BCUT2D eigenvalue weighted by Crippen LogP contribution is 2.19. The predicted molar refractivity (Wildman–Crippen MR) is 78.6 cm³/mol. The summed E-state index contributed by atoms with van der Waals surface area (Å²) in [5.41, 5.74) is 1.20. The minimum Gasteiger partial charge on any atom is -0.544 e. The molecule has 0 saturated heterocycles. The molecule has 0 radical (unpaired) electrons. The molecule has 17 heavy (non-hydrogen) atoms. The van der Waals surface area contributed by atoms with Crippen LogP contribution in [0.4, 0.5) is 0 Å². The Hall–Kier alpha value is -0.586. The van der Waals surface area contributed by atoms with Crippen molar-refractivity contribution in [3.8, 4) is 5.75 Å². The van der Waals surface area contributed by atoms with E-state index in [4.69, 9.17) is 8.85 Å². The van der Waals surface area contributed by atoms with Crippen LogP contribution in [0.25, 0.3) is 0 Å². The SMILES string of the molecule is C[Si](C)(C)OCc1cccc(O[Si](C)(C)C)c1. The molecular weight excluding hydrogens is 244 g/mol. The van der Waals surface area contributed by atoms with Gasteiger partial charge in [0.05, 0.1) is 6.61 Å². The second-order valence-corrected chi connectivity index (χ2v) is 15.2. The molecule has 0 heterocycles. The molecule has 0 amide bonds. The molecule has 0 aliphatic carbocycles. The monoisotopic (exact) mass is 268 g/mol. The quantitative estimate of drug-likeness (QED) is 0.743. The fourth-order valence-corrected chi connectivity index (χ4v) is 2.79. The third-order valence-corrected chi connectivity index (χ3v) is 3.85. The molecule has 2 nitrogen and oxygen atoms in total. The van der Waals surface area contributed by atoms with Gasteiger partial charge in [0, 0.05) is 0 Å². The van der Waals surface area contributed by atoms with Gasteiger partial charge in [-0.2, -0.15) is 0 Å². The third-order valence-electron chi connectivity index (χ3n) is 1.99. The van der Waals surface area contributed by atoms with Crippen molar-refractivity contribution >= 4 is 16.6 Å². The Bertz CT molecular complexity index is 364. The standard InChI is InChI=1S/C13H24O2Si2/c1-16(2,3)14-11-12-8-7-9-13(10-12)15-17(4,5)6/h7-10H,11H2,1-6H3. The maximum atomic E-state index is 5.97. The number of hydrogen-bond donors (Lipinski definition) is 0. The lowest BCUT2D eigenvalue weighted by atomic mass is 10.2. The first-order valence-corrected chi connectivity index (χ1v) is 12.9. The van der Waals surface area contributed by atoms with Crippen LogP contribution in [0.15, 0.2) is 24.3 Å². The molecule has 0 aromatic heterocycles. The molecule has 1 aromatic rings. The average molecular weight is 269 g/mol. The zero-order valence-corrected chi connectivity index (χ0v) is 13.8. The van der Waals surface area contributed by atoms with Gasteiger partial charge in [-0.15, -0.1) is 0 Å². The van der Waals surface area contributed by atoms with Gasteiger partial charge >= 0.3 is 0 Å². The molecule has 96 valence electrons. The highest BCUT2D eigenvalue weighted by atomic mass is 28.4. The fourth-order valence-electron chi connectivity index (χ4n) is 1.35. The van der Waals surface area contributed by atoms with Crippen LogP contribution >= 0.6 is 0 Å². The molecule has 0 aliphatic heterocycles. The van der Waals surface area contributed by atoms with Gasteiger partial charge in [-0.25, -0.2) is 0 Å². The molecule has 0 saturated carbocycles. The van der Waals surface area contributed by atoms with Crippen LogP contribution in [0.2, 0.25) is 39.3 Å². The molecule has 0 fully saturated rings. The lowest BCUT2D eigenvalue weighted by Crippen LogP contribution is -2.29. The highest BCUT2D eigenvalue weighted by Gasteiger charge is 2.17. The Morgan fingerprint density at radius 2 is 1.59 bits per heavy atom. The molecule has 0 N–H and O–H groups in total. The van der Waals surface area contributed by atoms with E-state index in [0.29, 0.717) is 6.61 Å². The summed E-state index contributed by atoms with van der Waals surface area (Å²) in [6.45, 7) is 13.9. The van der Waals surface area contributed by atoms with Crippen molar-refractivity contribution in [3.63, 3.8) is 0 Å². The minimum absolute atomic E-state index is 0.693. The second kappa shape index (κ2) is 5.37. The summed E-state index contributed by atoms with van der Waals surface area (Å²) in [5, 5.41) is 0. The highest BCUT2D eigenvalue weighted by molar-refractivity contribution is 6.70. The summed E-state index contributed by atoms with van der Waals surface area (Å²) >= 11 is 0. The van der Waals surface area contributed by atoms with Crippen LogP contribution < -0.4 is 4.43 Å². The van der Waals surface area contributed by atoms with Crippen molar-refractivity contribution in [1.82, 2.24) is 0 Å². The average Bonchev–Trinajstić information content (AvgIpc) is 2.11. The first kappa shape index (κ1) is 14.5. The van der Waals surface area contributed by atoms with Gasteiger partial charge in [-0.3, -0.25) is 0 Å². The van der Waals surface area contributed by atoms with Gasteiger partial charge in [-0.1, -0.05) is 12.1 Å². The summed E-state index contributed by atoms with van der Waals surface area (Å²) < 4.78 is 11.9. The Morgan fingerprint density at radius 1 is 0.941 bits per heavy atom. The summed E-state index contributed by atoms with van der Waals surface area (Å²) in [6, 6.07) is 8.25. The zero-order valence-electron chi connectivity index (χ0n) is 11.8. The van der Waals surface area contributed by atoms with Crippen LogP contribution in [0.3, 0.4) is 0 Å². The van der Waals surface area contributed by atoms with E-state index >= 15 is 0 Å². The molecule has 4 heteroatoms. The second-order valence-electron chi connectivity index (χ2n) is 6.26. The molecule has 0 bridgehead atoms. The van der Waals surface area contributed by atoms with Crippen molar-refractivity contribution in [2.24, 2.45) is 0 Å². The van der Waals surface area contributed by atoms with Gasteiger partial charge in [0.2, 0.25) is 8.32 Å². The van der Waals surface area contributed by atoms with E-state index in [2.05, 4.69) is 51.4 Å². The van der Waals surface area contributed by atoms with E-state index in [9.17, 15) is 0 Å². The molecule has 1 aromatic carbocycles. The maximum absolute atomic E-state index is 5.97. The lowest BCUT2D eigenvalue weighted by Gasteiger charge is -2.21. The maximum Gasteiger partial charge on any atom is 0.242 e. The molecular formula is C13H24O2Si2. The van der Waals surface area contributed by atoms with Gasteiger partial charge in [0.25, 0.3) is 0 Å². The Kier molecular flexibility index (Phi) is 4.57. The smallest absolute Gasteiger partial charge is 0.242 e. The van der Waals surface area contributed by atoms with E-state index < -0.39 is 16.6 Å². The van der Waals surface area contributed by atoms with Crippen LogP contribution in [-0.4, -0.2) is 16.6 Å². The summed E-state index contributed by atoms with van der Waals surface area (Å²) in [5.74, 6) is 0.973. The van der Waals surface area contributed by atoms with Crippen LogP contribution in [0.1, 0.15) is 5.56 Å². The van der Waals surface area contributed by atoms with E-state index in [1.807, 2.05) is 12.1 Å². The number of benzene rings is 1. The molecule has 0 aliphatic rings. The van der Waals surface area contributed by atoms with Crippen molar-refractivity contribution in [2.45, 2.75) is 45.9 Å². The molecule has 0 spiro atoms. The van der Waals surface area contributed by atoms with Crippen LogP contribution in [-0.2, 0) is 11.0 Å². The van der Waals surface area contributed by atoms with E-state index in [1.54, 1.807) is 0 Å². The Morgan fingerprint density at radius 3 is 2.12 bits per heavy atom. The van der Waals surface area contributed by atoms with Crippen LogP contribution in [0.5, 0.6) is 5.75 Å². The van der Waals surface area contributed by atoms with E-state index in [1.165, 1.54) is 5.56 Å². The molecule has 0 unspecified atom stereocenters. The lowest BCUT2D eigenvalue weighted by molar-refractivity contribution is 0.299. The van der Waals surface area contributed by atoms with Gasteiger partial charge < -0.3 is 8.85 Å². The zero-order chi connectivity index (χ0) is 13.1. The van der Waals surface area contributed by atoms with Gasteiger partial charge in [0.15, 0.2) is 8.32 Å². The van der Waals surface area contributed by atoms with Gasteiger partial charge in [-0.05, 0) is 57.0 Å². The van der Waals surface area contributed by atoms with E-state index in [0.717, 1.165) is 5.75 Å². The van der Waals surface area contributed by atoms with Crippen molar-refractivity contribution in [1.29, 1.82) is 0 Å². The predicted octanol–water partition coefficient (Wildman–Crippen LogP) is 4.25. The third kappa shape index (κ3) is 6.66. The first-order chi connectivity index (χ1) is 7.66. The summed E-state index contributed by atoms with van der Waals surface area (Å²) in [7, 11) is -2.95. The van der Waals surface area contributed by atoms with Crippen molar-refractivity contribution in [2.75, 3.05) is 0 Å². The normalized spacial score (nSPS) is 12.6. The Balaban J connectivity index is 2.66. The first-order valence-electron chi connectivity index (χ1n) is 6.08. The topological polar surface area (TPSA) is 18.5 Å². The fraction of sp³-hybridized carbons (Fsp3) is 0.538. The van der Waals surface area contributed by atoms with Crippen molar-refractivity contribution in [3.05, 3.63) is 29.8 Å². The molecule has 1 rings (SSSR count). The summed E-state index contributed by atoms with van der Waals surface area (Å²) in [4.78, 5) is 0. The number of hydrogen-bond acceptors (Lipinski definition) is 2. The summed E-state index contributed by atoms with van der Waals surface area (Å²) in [6.07, 6.45) is 0. The van der Waals surface area contributed by atoms with Crippen molar-refractivity contribution < 1.29 is 8.85 Å². The minimum atomic E-state index is -1.51. The number of rotatable bonds is 5. The molecule has 0 atom stereocenters.